The molecule has 0 aliphatic heterocycles. The summed E-state index contributed by atoms with van der Waals surface area (Å²) in [5.41, 5.74) is 0.0504. The van der Waals surface area contributed by atoms with Crippen LogP contribution in [0.1, 0.15) is 0 Å². The maximum Gasteiger partial charge on any atom is 0.339 e. The first-order valence-corrected chi connectivity index (χ1v) is 7.12. The summed E-state index contributed by atoms with van der Waals surface area (Å²) >= 11 is 0. The van der Waals surface area contributed by atoms with Crippen molar-refractivity contribution in [3.63, 3.8) is 0 Å². The third kappa shape index (κ3) is 3.92. The van der Waals surface area contributed by atoms with Crippen LogP contribution in [0.4, 0.5) is 0 Å². The van der Waals surface area contributed by atoms with Gasteiger partial charge in [-0.15, -0.1) is 0 Å². The molecule has 0 aliphatic carbocycles. The highest BCUT2D eigenvalue weighted by Crippen LogP contribution is 2.22. The van der Waals surface area contributed by atoms with Crippen LogP contribution in [-0.4, -0.2) is 13.2 Å². The molecule has 3 aromatic rings. The molecule has 4 heteroatoms. The summed E-state index contributed by atoms with van der Waals surface area (Å²) in [6.45, 7) is 0.455. The molecule has 0 atom stereocenters. The van der Waals surface area contributed by atoms with Gasteiger partial charge in [-0.1, -0.05) is 42.2 Å². The predicted molar refractivity (Wildman–Crippen MR) is 87.7 cm³/mol. The Labute approximate surface area is 133 Å². The van der Waals surface area contributed by atoms with Crippen LogP contribution >= 0.6 is 0 Å². The van der Waals surface area contributed by atoms with Gasteiger partial charge in [0.15, 0.2) is 0 Å². The van der Waals surface area contributed by atoms with Crippen molar-refractivity contribution in [2.45, 2.75) is 0 Å². The van der Waals surface area contributed by atoms with E-state index < -0.39 is 5.63 Å². The Morgan fingerprint density at radius 2 is 1.57 bits per heavy atom. The molecule has 1 heterocycles. The van der Waals surface area contributed by atoms with Crippen LogP contribution in [0, 0.1) is 11.8 Å². The highest BCUT2D eigenvalue weighted by Gasteiger charge is 2.04. The summed E-state index contributed by atoms with van der Waals surface area (Å²) < 4.78 is 16.1. The molecule has 4 nitrogen and oxygen atoms in total. The van der Waals surface area contributed by atoms with Crippen molar-refractivity contribution in [2.75, 3.05) is 13.2 Å². The molecule has 0 fully saturated rings. The van der Waals surface area contributed by atoms with Gasteiger partial charge in [0, 0.05) is 0 Å². The zero-order valence-electron chi connectivity index (χ0n) is 12.3. The third-order valence-electron chi connectivity index (χ3n) is 3.09. The monoisotopic (exact) mass is 306 g/mol. The van der Waals surface area contributed by atoms with E-state index in [0.29, 0.717) is 11.3 Å². The molecule has 0 saturated carbocycles. The van der Waals surface area contributed by atoms with Crippen molar-refractivity contribution in [1.29, 1.82) is 0 Å². The van der Waals surface area contributed by atoms with Gasteiger partial charge in [0.05, 0.1) is 11.5 Å². The van der Waals surface area contributed by atoms with Crippen molar-refractivity contribution in [3.05, 3.63) is 71.1 Å². The summed E-state index contributed by atoms with van der Waals surface area (Å²) in [5.74, 6) is 6.97. The average molecular weight is 306 g/mol. The molecule has 0 unspecified atom stereocenters. The Hall–Kier alpha value is -3.19. The average Bonchev–Trinajstić information content (AvgIpc) is 2.58. The molecular weight excluding hydrogens is 292 g/mol. The van der Waals surface area contributed by atoms with E-state index in [2.05, 4.69) is 11.8 Å². The lowest BCUT2D eigenvalue weighted by Gasteiger charge is -2.04. The third-order valence-corrected chi connectivity index (χ3v) is 3.09. The van der Waals surface area contributed by atoms with Crippen molar-refractivity contribution in [1.82, 2.24) is 0 Å². The van der Waals surface area contributed by atoms with Crippen molar-refractivity contribution in [3.8, 4) is 23.3 Å². The highest BCUT2D eigenvalue weighted by atomic mass is 16.5. The minimum absolute atomic E-state index is 0.172. The van der Waals surface area contributed by atoms with Gasteiger partial charge >= 0.3 is 5.63 Å². The van der Waals surface area contributed by atoms with Gasteiger partial charge < -0.3 is 13.9 Å². The van der Waals surface area contributed by atoms with Crippen LogP contribution in [0.5, 0.6) is 11.5 Å². The Kier molecular flexibility index (Phi) is 4.61. The molecule has 0 spiro atoms. The Morgan fingerprint density at radius 1 is 0.870 bits per heavy atom. The second-order valence-corrected chi connectivity index (χ2v) is 4.67. The second-order valence-electron chi connectivity index (χ2n) is 4.67. The first-order chi connectivity index (χ1) is 11.3. The number of hydrogen-bond acceptors (Lipinski definition) is 4. The van der Waals surface area contributed by atoms with E-state index in [4.69, 9.17) is 13.9 Å². The lowest BCUT2D eigenvalue weighted by molar-refractivity contribution is 0.362. The number of para-hydroxylation sites is 2. The zero-order valence-corrected chi connectivity index (χ0v) is 12.3. The SMILES string of the molecule is O=c1cc(OCC#CCOc2ccccc2)c2ccccc2o1. The molecule has 0 aliphatic rings. The maximum atomic E-state index is 11.5. The van der Waals surface area contributed by atoms with E-state index in [-0.39, 0.29) is 13.2 Å². The Bertz CT molecular complexity index is 901. The van der Waals surface area contributed by atoms with E-state index in [1.165, 1.54) is 6.07 Å². The first-order valence-electron chi connectivity index (χ1n) is 7.12. The number of rotatable bonds is 4. The number of hydrogen-bond donors (Lipinski definition) is 0. The smallest absolute Gasteiger partial charge is 0.339 e. The molecule has 3 rings (SSSR count). The molecule has 0 N–H and O–H groups in total. The number of benzene rings is 2. The maximum absolute atomic E-state index is 11.5. The van der Waals surface area contributed by atoms with Crippen LogP contribution in [0.15, 0.2) is 69.9 Å². The van der Waals surface area contributed by atoms with Crippen molar-refractivity contribution in [2.24, 2.45) is 0 Å². The quantitative estimate of drug-likeness (QED) is 0.548. The van der Waals surface area contributed by atoms with Crippen LogP contribution < -0.4 is 15.1 Å². The Balaban J connectivity index is 1.59. The fourth-order valence-electron chi connectivity index (χ4n) is 2.05. The summed E-state index contributed by atoms with van der Waals surface area (Å²) in [6, 6.07) is 18.0. The van der Waals surface area contributed by atoms with E-state index in [1.807, 2.05) is 42.5 Å². The van der Waals surface area contributed by atoms with E-state index in [0.717, 1.165) is 11.1 Å². The first kappa shape index (κ1) is 14.7. The van der Waals surface area contributed by atoms with Crippen molar-refractivity contribution >= 4 is 11.0 Å². The molecule has 114 valence electrons. The van der Waals surface area contributed by atoms with E-state index in [1.54, 1.807) is 12.1 Å². The summed E-state index contributed by atoms with van der Waals surface area (Å²) in [6.07, 6.45) is 0. The van der Waals surface area contributed by atoms with Crippen LogP contribution in [0.2, 0.25) is 0 Å². The topological polar surface area (TPSA) is 48.7 Å². The molecule has 2 aromatic carbocycles. The van der Waals surface area contributed by atoms with Gasteiger partial charge in [-0.2, -0.15) is 0 Å². The lowest BCUT2D eigenvalue weighted by atomic mass is 10.2. The fraction of sp³-hybridized carbons (Fsp3) is 0.105. The molecule has 0 amide bonds. The van der Waals surface area contributed by atoms with E-state index >= 15 is 0 Å². The van der Waals surface area contributed by atoms with Gasteiger partial charge in [-0.25, -0.2) is 4.79 Å². The predicted octanol–water partition coefficient (Wildman–Crippen LogP) is 3.25. The normalized spacial score (nSPS) is 9.91. The standard InChI is InChI=1S/C19H14O4/c20-19-14-18(16-10-4-5-11-17(16)23-19)22-13-7-6-12-21-15-8-2-1-3-9-15/h1-5,8-11,14H,12-13H2. The zero-order chi connectivity index (χ0) is 15.9. The fourth-order valence-corrected chi connectivity index (χ4v) is 2.05. The molecule has 23 heavy (non-hydrogen) atoms. The summed E-state index contributed by atoms with van der Waals surface area (Å²) in [5, 5.41) is 0.745. The number of fused-ring (bicyclic) bond motifs is 1. The molecule has 0 bridgehead atoms. The summed E-state index contributed by atoms with van der Waals surface area (Å²) in [7, 11) is 0. The second kappa shape index (κ2) is 7.19. The van der Waals surface area contributed by atoms with Gasteiger partial charge in [0.2, 0.25) is 0 Å². The van der Waals surface area contributed by atoms with Crippen molar-refractivity contribution < 1.29 is 13.9 Å². The van der Waals surface area contributed by atoms with Crippen LogP contribution in [0.25, 0.3) is 11.0 Å². The minimum atomic E-state index is -0.445. The molecule has 0 radical (unpaired) electrons. The minimum Gasteiger partial charge on any atom is -0.481 e. The number of ether oxygens (including phenoxy) is 2. The Morgan fingerprint density at radius 3 is 2.39 bits per heavy atom. The van der Waals surface area contributed by atoms with Gasteiger partial charge in [0.1, 0.15) is 30.3 Å². The molecular formula is C19H14O4. The molecule has 0 saturated heterocycles. The van der Waals surface area contributed by atoms with Crippen LogP contribution in [-0.2, 0) is 0 Å². The van der Waals surface area contributed by atoms with Gasteiger partial charge in [-0.05, 0) is 24.3 Å². The van der Waals surface area contributed by atoms with E-state index in [9.17, 15) is 4.79 Å². The van der Waals surface area contributed by atoms with Crippen LogP contribution in [0.3, 0.4) is 0 Å². The summed E-state index contributed by atoms with van der Waals surface area (Å²) in [4.78, 5) is 11.5. The van der Waals surface area contributed by atoms with Gasteiger partial charge in [-0.3, -0.25) is 0 Å². The molecule has 1 aromatic heterocycles. The highest BCUT2D eigenvalue weighted by molar-refractivity contribution is 5.82. The lowest BCUT2D eigenvalue weighted by Crippen LogP contribution is -2.02. The van der Waals surface area contributed by atoms with Gasteiger partial charge in [0.25, 0.3) is 0 Å². The largest absolute Gasteiger partial charge is 0.481 e.